The Bertz CT molecular complexity index is 143. The van der Waals surface area contributed by atoms with Crippen molar-refractivity contribution in [3.05, 3.63) is 0 Å². The maximum atomic E-state index is 10.9. The van der Waals surface area contributed by atoms with Gasteiger partial charge in [0.25, 0.3) is 0 Å². The van der Waals surface area contributed by atoms with Crippen molar-refractivity contribution in [2.45, 2.75) is 18.9 Å². The average Bonchev–Trinajstić information content (AvgIpc) is 2.16. The van der Waals surface area contributed by atoms with Crippen molar-refractivity contribution < 1.29 is 4.79 Å². The molecule has 0 spiro atoms. The first-order valence-electron chi connectivity index (χ1n) is 4.40. The van der Waals surface area contributed by atoms with Crippen LogP contribution in [0.5, 0.6) is 0 Å². The largest absolute Gasteiger partial charge is 0.358 e. The molecule has 1 rings (SSSR count). The molecular formula is C8H16N3O. The van der Waals surface area contributed by atoms with E-state index in [2.05, 4.69) is 16.0 Å². The Balaban J connectivity index is 2.09. The smallest absolute Gasteiger partial charge is 0.233 e. The summed E-state index contributed by atoms with van der Waals surface area (Å²) in [4.78, 5) is 10.9. The van der Waals surface area contributed by atoms with Crippen LogP contribution in [0.25, 0.3) is 0 Å². The number of piperidine rings is 1. The lowest BCUT2D eigenvalue weighted by Gasteiger charge is -2.22. The molecule has 0 aromatic rings. The van der Waals surface area contributed by atoms with Crippen molar-refractivity contribution in [2.75, 3.05) is 26.7 Å². The number of hydrogen-bond acceptors (Lipinski definition) is 2. The summed E-state index contributed by atoms with van der Waals surface area (Å²) in [6, 6.07) is 0.413. The van der Waals surface area contributed by atoms with Crippen molar-refractivity contribution in [1.82, 2.24) is 16.0 Å². The number of carbonyl (C=O) groups excluding carboxylic acids is 1. The fourth-order valence-corrected chi connectivity index (χ4v) is 1.28. The Morgan fingerprint density at radius 2 is 2.50 bits per heavy atom. The molecule has 1 heterocycles. The van der Waals surface area contributed by atoms with Crippen LogP contribution in [-0.4, -0.2) is 38.6 Å². The normalized spacial score (nSPS) is 23.6. The van der Waals surface area contributed by atoms with Crippen molar-refractivity contribution in [1.29, 1.82) is 0 Å². The van der Waals surface area contributed by atoms with Crippen LogP contribution in [0.3, 0.4) is 0 Å². The van der Waals surface area contributed by atoms with Gasteiger partial charge in [-0.05, 0) is 12.8 Å². The first-order valence-corrected chi connectivity index (χ1v) is 4.40. The number of hydrogen-bond donors (Lipinski definition) is 2. The third-order valence-electron chi connectivity index (χ3n) is 2.05. The standard InChI is InChI=1S/C8H16N3O/c1-9-8(12)6-11-7-3-2-4-10-5-7/h7,11H,2-6H2,1H3,(H,9,12). The minimum atomic E-state index is 0.0422. The average molecular weight is 170 g/mol. The molecule has 0 aliphatic carbocycles. The van der Waals surface area contributed by atoms with Gasteiger partial charge in [-0.3, -0.25) is 4.79 Å². The van der Waals surface area contributed by atoms with E-state index in [0.717, 1.165) is 25.9 Å². The van der Waals surface area contributed by atoms with Crippen LogP contribution in [-0.2, 0) is 4.79 Å². The molecule has 12 heavy (non-hydrogen) atoms. The van der Waals surface area contributed by atoms with Crippen LogP contribution >= 0.6 is 0 Å². The molecule has 1 atom stereocenters. The van der Waals surface area contributed by atoms with E-state index < -0.39 is 0 Å². The van der Waals surface area contributed by atoms with Crippen molar-refractivity contribution >= 4 is 5.91 Å². The summed E-state index contributed by atoms with van der Waals surface area (Å²) < 4.78 is 0. The highest BCUT2D eigenvalue weighted by molar-refractivity contribution is 5.77. The molecule has 1 aliphatic heterocycles. The zero-order valence-corrected chi connectivity index (χ0v) is 7.47. The summed E-state index contributed by atoms with van der Waals surface area (Å²) in [5, 5.41) is 10.0. The summed E-state index contributed by atoms with van der Waals surface area (Å²) in [7, 11) is 1.65. The van der Waals surface area contributed by atoms with Crippen LogP contribution < -0.4 is 16.0 Å². The fourth-order valence-electron chi connectivity index (χ4n) is 1.28. The molecule has 1 amide bonds. The van der Waals surface area contributed by atoms with Gasteiger partial charge in [0.05, 0.1) is 6.54 Å². The van der Waals surface area contributed by atoms with Crippen LogP contribution in [0.2, 0.25) is 0 Å². The molecule has 0 bridgehead atoms. The van der Waals surface area contributed by atoms with Gasteiger partial charge in [-0.1, -0.05) is 0 Å². The molecule has 4 nitrogen and oxygen atoms in total. The van der Waals surface area contributed by atoms with Gasteiger partial charge in [-0.15, -0.1) is 0 Å². The number of likely N-dealkylation sites (N-methyl/N-ethyl adjacent to an activating group) is 1. The van der Waals surface area contributed by atoms with Crippen molar-refractivity contribution in [3.63, 3.8) is 0 Å². The van der Waals surface area contributed by atoms with Gasteiger partial charge in [0.2, 0.25) is 5.91 Å². The SMILES string of the molecule is CNC(=O)CNC1CCC[N]C1. The molecule has 1 aliphatic rings. The molecule has 4 heteroatoms. The van der Waals surface area contributed by atoms with E-state index in [-0.39, 0.29) is 5.91 Å². The van der Waals surface area contributed by atoms with Gasteiger partial charge in [-0.2, -0.15) is 0 Å². The minimum Gasteiger partial charge on any atom is -0.358 e. The summed E-state index contributed by atoms with van der Waals surface area (Å²) >= 11 is 0. The number of nitrogens with zero attached hydrogens (tertiary/aromatic N) is 1. The van der Waals surface area contributed by atoms with Gasteiger partial charge < -0.3 is 10.6 Å². The van der Waals surface area contributed by atoms with E-state index in [4.69, 9.17) is 0 Å². The molecule has 1 fully saturated rings. The zero-order chi connectivity index (χ0) is 8.81. The Morgan fingerprint density at radius 3 is 3.08 bits per heavy atom. The van der Waals surface area contributed by atoms with Gasteiger partial charge in [-0.25, -0.2) is 5.32 Å². The first kappa shape index (κ1) is 9.48. The lowest BCUT2D eigenvalue weighted by molar-refractivity contribution is -0.119. The zero-order valence-electron chi connectivity index (χ0n) is 7.47. The second-order valence-electron chi connectivity index (χ2n) is 3.02. The lowest BCUT2D eigenvalue weighted by atomic mass is 10.1. The number of nitrogens with one attached hydrogen (secondary N) is 2. The molecule has 1 unspecified atom stereocenters. The third kappa shape index (κ3) is 3.19. The molecule has 2 N–H and O–H groups in total. The fraction of sp³-hybridized carbons (Fsp3) is 0.875. The van der Waals surface area contributed by atoms with Crippen LogP contribution in [0, 0.1) is 0 Å². The topological polar surface area (TPSA) is 55.2 Å². The monoisotopic (exact) mass is 170 g/mol. The maximum Gasteiger partial charge on any atom is 0.233 e. The Labute approximate surface area is 73.1 Å². The summed E-state index contributed by atoms with van der Waals surface area (Å²) in [6.45, 7) is 2.26. The first-order chi connectivity index (χ1) is 5.83. The summed E-state index contributed by atoms with van der Waals surface area (Å²) in [6.07, 6.45) is 2.28. The molecule has 0 aromatic carbocycles. The third-order valence-corrected chi connectivity index (χ3v) is 2.05. The van der Waals surface area contributed by atoms with E-state index in [1.807, 2.05) is 0 Å². The highest BCUT2D eigenvalue weighted by Crippen LogP contribution is 2.01. The summed E-state index contributed by atoms with van der Waals surface area (Å²) in [5.41, 5.74) is 0. The van der Waals surface area contributed by atoms with Gasteiger partial charge >= 0.3 is 0 Å². The van der Waals surface area contributed by atoms with Crippen molar-refractivity contribution in [2.24, 2.45) is 0 Å². The van der Waals surface area contributed by atoms with E-state index in [0.29, 0.717) is 12.6 Å². The van der Waals surface area contributed by atoms with Crippen molar-refractivity contribution in [3.8, 4) is 0 Å². The lowest BCUT2D eigenvalue weighted by Crippen LogP contribution is -2.44. The molecular weight excluding hydrogens is 154 g/mol. The Morgan fingerprint density at radius 1 is 1.67 bits per heavy atom. The number of carbonyl (C=O) groups is 1. The van der Waals surface area contributed by atoms with Crippen LogP contribution in [0.1, 0.15) is 12.8 Å². The molecule has 1 radical (unpaired) electrons. The van der Waals surface area contributed by atoms with Crippen LogP contribution in [0.4, 0.5) is 0 Å². The molecule has 0 saturated carbocycles. The second-order valence-corrected chi connectivity index (χ2v) is 3.02. The maximum absolute atomic E-state index is 10.9. The quantitative estimate of drug-likeness (QED) is 0.576. The predicted octanol–water partition coefficient (Wildman–Crippen LogP) is -0.911. The van der Waals surface area contributed by atoms with Gasteiger partial charge in [0.15, 0.2) is 0 Å². The van der Waals surface area contributed by atoms with Crippen LogP contribution in [0.15, 0.2) is 0 Å². The highest BCUT2D eigenvalue weighted by Gasteiger charge is 2.13. The van der Waals surface area contributed by atoms with Gasteiger partial charge in [0.1, 0.15) is 0 Å². The number of amides is 1. The predicted molar refractivity (Wildman–Crippen MR) is 47.0 cm³/mol. The number of rotatable bonds is 3. The summed E-state index contributed by atoms with van der Waals surface area (Å²) in [5.74, 6) is 0.0422. The molecule has 69 valence electrons. The highest BCUT2D eigenvalue weighted by atomic mass is 16.1. The van der Waals surface area contributed by atoms with E-state index in [1.54, 1.807) is 7.05 Å². The Kier molecular flexibility index (Phi) is 4.04. The van der Waals surface area contributed by atoms with E-state index in [9.17, 15) is 4.79 Å². The van der Waals surface area contributed by atoms with E-state index >= 15 is 0 Å². The Hall–Kier alpha value is -0.610. The van der Waals surface area contributed by atoms with Gasteiger partial charge in [0, 0.05) is 26.2 Å². The molecule has 0 aromatic heterocycles. The second kappa shape index (κ2) is 5.11. The molecule has 1 saturated heterocycles. The van der Waals surface area contributed by atoms with E-state index in [1.165, 1.54) is 0 Å². The minimum absolute atomic E-state index is 0.0422.